The van der Waals surface area contributed by atoms with Crippen molar-refractivity contribution >= 4 is 29.2 Å². The first kappa shape index (κ1) is 18.1. The number of para-hydroxylation sites is 1. The molecule has 2 aliphatic carbocycles. The summed E-state index contributed by atoms with van der Waals surface area (Å²) in [6, 6.07) is 9.75. The molecular weight excluding hydrogens is 360 g/mol. The number of esters is 1. The third-order valence-corrected chi connectivity index (χ3v) is 7.26. The van der Waals surface area contributed by atoms with Crippen LogP contribution in [0.2, 0.25) is 0 Å². The molecule has 0 saturated heterocycles. The first-order chi connectivity index (χ1) is 13.1. The normalized spacial score (nSPS) is 27.3. The Hall–Kier alpha value is -2.26. The summed E-state index contributed by atoms with van der Waals surface area (Å²) >= 11 is 1.40. The van der Waals surface area contributed by atoms with E-state index in [4.69, 9.17) is 4.74 Å². The highest BCUT2D eigenvalue weighted by Crippen LogP contribution is 2.49. The molecule has 3 atom stereocenters. The van der Waals surface area contributed by atoms with Gasteiger partial charge in [-0.3, -0.25) is 9.59 Å². The van der Waals surface area contributed by atoms with Gasteiger partial charge < -0.3 is 9.64 Å². The van der Waals surface area contributed by atoms with Gasteiger partial charge in [-0.15, -0.1) is 0 Å². The number of benzene rings is 1. The SMILES string of the molecule is CN1/C(=C(\C#N)C(=O)COC(=O)C[C@H]2C[C@@H]3CC[C@H]2C3)Sc2ccccc21. The molecule has 1 aliphatic heterocycles. The van der Waals surface area contributed by atoms with Crippen LogP contribution in [0.4, 0.5) is 5.69 Å². The molecule has 1 aromatic rings. The van der Waals surface area contributed by atoms with E-state index in [1.807, 2.05) is 42.3 Å². The number of ether oxygens (including phenoxy) is 1. The van der Waals surface area contributed by atoms with Crippen molar-refractivity contribution < 1.29 is 14.3 Å². The lowest BCUT2D eigenvalue weighted by Gasteiger charge is -2.20. The van der Waals surface area contributed by atoms with E-state index in [9.17, 15) is 14.9 Å². The van der Waals surface area contributed by atoms with Gasteiger partial charge in [-0.2, -0.15) is 5.26 Å². The molecule has 27 heavy (non-hydrogen) atoms. The third-order valence-electron chi connectivity index (χ3n) is 6.02. The number of carbonyl (C=O) groups excluding carboxylic acids is 2. The number of hydrogen-bond donors (Lipinski definition) is 0. The smallest absolute Gasteiger partial charge is 0.306 e. The van der Waals surface area contributed by atoms with Gasteiger partial charge in [0.05, 0.1) is 5.69 Å². The average Bonchev–Trinajstić information content (AvgIpc) is 3.36. The van der Waals surface area contributed by atoms with Crippen LogP contribution >= 0.6 is 11.8 Å². The van der Waals surface area contributed by atoms with Crippen molar-refractivity contribution in [1.29, 1.82) is 5.26 Å². The van der Waals surface area contributed by atoms with Crippen LogP contribution < -0.4 is 4.90 Å². The predicted octanol–water partition coefficient (Wildman–Crippen LogP) is 3.90. The van der Waals surface area contributed by atoms with Crippen LogP contribution in [0.3, 0.4) is 0 Å². The summed E-state index contributed by atoms with van der Waals surface area (Å²) in [5, 5.41) is 10.1. The number of carbonyl (C=O) groups is 2. The summed E-state index contributed by atoms with van der Waals surface area (Å²) in [7, 11) is 1.83. The summed E-state index contributed by atoms with van der Waals surface area (Å²) < 4.78 is 5.23. The molecule has 1 aromatic carbocycles. The Morgan fingerprint density at radius 1 is 1.30 bits per heavy atom. The highest BCUT2D eigenvalue weighted by atomic mass is 32.2. The minimum Gasteiger partial charge on any atom is -0.457 e. The topological polar surface area (TPSA) is 70.4 Å². The van der Waals surface area contributed by atoms with E-state index >= 15 is 0 Å². The molecule has 0 unspecified atom stereocenters. The van der Waals surface area contributed by atoms with E-state index < -0.39 is 5.78 Å². The molecule has 4 rings (SSSR count). The molecule has 0 aromatic heterocycles. The van der Waals surface area contributed by atoms with Gasteiger partial charge in [0.25, 0.3) is 0 Å². The zero-order chi connectivity index (χ0) is 19.0. The van der Waals surface area contributed by atoms with Gasteiger partial charge in [0.2, 0.25) is 5.78 Å². The molecule has 0 amide bonds. The van der Waals surface area contributed by atoms with E-state index in [1.165, 1.54) is 31.0 Å². The molecule has 140 valence electrons. The molecule has 2 bridgehead atoms. The van der Waals surface area contributed by atoms with E-state index in [1.54, 1.807) is 0 Å². The Morgan fingerprint density at radius 2 is 2.11 bits per heavy atom. The highest BCUT2D eigenvalue weighted by Gasteiger charge is 2.40. The van der Waals surface area contributed by atoms with Crippen LogP contribution in [0.5, 0.6) is 0 Å². The van der Waals surface area contributed by atoms with Gasteiger partial charge in [-0.25, -0.2) is 0 Å². The zero-order valence-corrected chi connectivity index (χ0v) is 16.1. The van der Waals surface area contributed by atoms with Crippen LogP contribution in [-0.4, -0.2) is 25.4 Å². The molecular formula is C21H22N2O3S. The van der Waals surface area contributed by atoms with Crippen molar-refractivity contribution in [3.63, 3.8) is 0 Å². The maximum Gasteiger partial charge on any atom is 0.306 e. The summed E-state index contributed by atoms with van der Waals surface area (Å²) in [6.45, 7) is -0.364. The second-order valence-corrected chi connectivity index (χ2v) is 8.67. The number of nitrogens with zero attached hydrogens (tertiary/aromatic N) is 2. The second-order valence-electron chi connectivity index (χ2n) is 7.64. The first-order valence-electron chi connectivity index (χ1n) is 9.40. The summed E-state index contributed by atoms with van der Waals surface area (Å²) in [5.74, 6) is 1.07. The first-order valence-corrected chi connectivity index (χ1v) is 10.2. The van der Waals surface area contributed by atoms with Crippen molar-refractivity contribution in [2.24, 2.45) is 17.8 Å². The number of Topliss-reactive ketones (excluding diaryl/α,β-unsaturated/α-hetero) is 1. The number of hydrogen-bond acceptors (Lipinski definition) is 6. The molecule has 5 nitrogen and oxygen atoms in total. The number of ketones is 1. The zero-order valence-electron chi connectivity index (χ0n) is 15.3. The average molecular weight is 382 g/mol. The summed E-state index contributed by atoms with van der Waals surface area (Å²) in [6.07, 6.45) is 5.26. The Bertz CT molecular complexity index is 857. The van der Waals surface area contributed by atoms with Gasteiger partial charge in [0.15, 0.2) is 6.61 Å². The lowest BCUT2D eigenvalue weighted by molar-refractivity contribution is -0.148. The third kappa shape index (κ3) is 3.49. The van der Waals surface area contributed by atoms with Crippen molar-refractivity contribution in [1.82, 2.24) is 0 Å². The van der Waals surface area contributed by atoms with Gasteiger partial charge in [-0.05, 0) is 49.1 Å². The fraction of sp³-hybridized carbons (Fsp3) is 0.476. The molecule has 0 spiro atoms. The molecule has 0 radical (unpaired) electrons. The van der Waals surface area contributed by atoms with E-state index in [0.717, 1.165) is 22.9 Å². The molecule has 2 saturated carbocycles. The molecule has 0 N–H and O–H groups in total. The molecule has 3 aliphatic rings. The fourth-order valence-corrected chi connectivity index (χ4v) is 5.83. The van der Waals surface area contributed by atoms with Crippen LogP contribution in [0, 0.1) is 29.1 Å². The monoisotopic (exact) mass is 382 g/mol. The van der Waals surface area contributed by atoms with E-state index in [2.05, 4.69) is 0 Å². The Morgan fingerprint density at radius 3 is 2.78 bits per heavy atom. The quantitative estimate of drug-likeness (QED) is 0.437. The predicted molar refractivity (Wildman–Crippen MR) is 103 cm³/mol. The fourth-order valence-electron chi connectivity index (χ4n) is 4.67. The largest absolute Gasteiger partial charge is 0.457 e. The van der Waals surface area contributed by atoms with Crippen LogP contribution in [0.15, 0.2) is 39.8 Å². The van der Waals surface area contributed by atoms with E-state index in [-0.39, 0.29) is 18.1 Å². The number of anilines is 1. The second kappa shape index (κ2) is 7.40. The van der Waals surface area contributed by atoms with Crippen molar-refractivity contribution in [3.05, 3.63) is 34.9 Å². The molecule has 1 heterocycles. The van der Waals surface area contributed by atoms with Crippen LogP contribution in [-0.2, 0) is 14.3 Å². The van der Waals surface area contributed by atoms with E-state index in [0.29, 0.717) is 23.3 Å². The Labute approximate surface area is 163 Å². The minimum absolute atomic E-state index is 0.0476. The standard InChI is InChI=1S/C21H22N2O3S/c1-23-17-4-2-3-5-19(17)27-21(23)16(11-22)18(24)12-26-20(25)10-15-9-13-6-7-14(15)8-13/h2-5,13-15H,6-10,12H2,1H3/b21-16-/t13-,14+,15-/m1/s1. The molecule has 6 heteroatoms. The number of thioether (sulfide) groups is 1. The van der Waals surface area contributed by atoms with Crippen LogP contribution in [0.1, 0.15) is 32.1 Å². The van der Waals surface area contributed by atoms with Gasteiger partial charge in [0, 0.05) is 18.4 Å². The number of nitriles is 1. The summed E-state index contributed by atoms with van der Waals surface area (Å²) in [5.41, 5.74) is 1.01. The lowest BCUT2D eigenvalue weighted by atomic mass is 9.86. The molecule has 2 fully saturated rings. The van der Waals surface area contributed by atoms with Crippen molar-refractivity contribution in [2.75, 3.05) is 18.6 Å². The van der Waals surface area contributed by atoms with Crippen molar-refractivity contribution in [2.45, 2.75) is 37.0 Å². The van der Waals surface area contributed by atoms with Gasteiger partial charge in [0.1, 0.15) is 16.7 Å². The van der Waals surface area contributed by atoms with Gasteiger partial charge in [-0.1, -0.05) is 30.3 Å². The maximum absolute atomic E-state index is 12.5. The summed E-state index contributed by atoms with van der Waals surface area (Å²) in [4.78, 5) is 27.5. The Kier molecular flexibility index (Phi) is 4.96. The van der Waals surface area contributed by atoms with Crippen molar-refractivity contribution in [3.8, 4) is 6.07 Å². The van der Waals surface area contributed by atoms with Crippen LogP contribution in [0.25, 0.3) is 0 Å². The number of fused-ring (bicyclic) bond motifs is 3. The maximum atomic E-state index is 12.5. The highest BCUT2D eigenvalue weighted by molar-refractivity contribution is 8.03. The number of rotatable bonds is 5. The van der Waals surface area contributed by atoms with Gasteiger partial charge >= 0.3 is 5.97 Å². The minimum atomic E-state index is -0.444. The Balaban J connectivity index is 1.37. The lowest BCUT2D eigenvalue weighted by Crippen LogP contribution is -2.22.